The number of anilines is 1. The first-order valence-corrected chi connectivity index (χ1v) is 11.1. The molecule has 2 N–H and O–H groups in total. The molecule has 6 nitrogen and oxygen atoms in total. The third-order valence-electron chi connectivity index (χ3n) is 5.55. The fourth-order valence-electron chi connectivity index (χ4n) is 3.63. The van der Waals surface area contributed by atoms with Crippen LogP contribution in [0.15, 0.2) is 47.4 Å². The number of quaternary nitrogens is 1. The first-order valence-electron chi connectivity index (χ1n) is 9.67. The number of hydrogen-bond acceptors (Lipinski definition) is 3. The van der Waals surface area contributed by atoms with Gasteiger partial charge in [-0.05, 0) is 56.2 Å². The van der Waals surface area contributed by atoms with Crippen LogP contribution in [0.2, 0.25) is 0 Å². The normalized spacial score (nSPS) is 17.1. The summed E-state index contributed by atoms with van der Waals surface area (Å²) in [5, 5.41) is 3.02. The van der Waals surface area contributed by atoms with Crippen LogP contribution in [0.4, 0.5) is 10.1 Å². The molecule has 1 aliphatic heterocycles. The van der Waals surface area contributed by atoms with E-state index in [1.807, 2.05) is 39.0 Å². The number of carbonyl (C=O) groups excluding carboxylic acids is 1. The summed E-state index contributed by atoms with van der Waals surface area (Å²) in [5.74, 6) is -0.547. The quantitative estimate of drug-likeness (QED) is 0.767. The fraction of sp³-hybridized carbons (Fsp3) is 0.381. The van der Waals surface area contributed by atoms with Gasteiger partial charge in [0.1, 0.15) is 5.82 Å². The van der Waals surface area contributed by atoms with Crippen molar-refractivity contribution in [3.05, 3.63) is 59.4 Å². The maximum atomic E-state index is 13.1. The van der Waals surface area contributed by atoms with E-state index in [2.05, 4.69) is 5.32 Å². The highest BCUT2D eigenvalue weighted by molar-refractivity contribution is 7.89. The Morgan fingerprint density at radius 3 is 2.17 bits per heavy atom. The van der Waals surface area contributed by atoms with Crippen LogP contribution in [0.1, 0.15) is 18.1 Å². The molecule has 0 bridgehead atoms. The van der Waals surface area contributed by atoms with E-state index in [0.717, 1.165) is 33.8 Å². The van der Waals surface area contributed by atoms with Gasteiger partial charge in [0.15, 0.2) is 6.04 Å². The number of amides is 1. The number of piperazine rings is 1. The van der Waals surface area contributed by atoms with Crippen LogP contribution >= 0.6 is 0 Å². The molecule has 1 aliphatic rings. The summed E-state index contributed by atoms with van der Waals surface area (Å²) in [5.41, 5.74) is 2.85. The Labute approximate surface area is 171 Å². The van der Waals surface area contributed by atoms with Gasteiger partial charge in [-0.15, -0.1) is 0 Å². The topological polar surface area (TPSA) is 70.9 Å². The van der Waals surface area contributed by atoms with Gasteiger partial charge in [-0.2, -0.15) is 4.31 Å². The molecule has 0 radical (unpaired) electrons. The summed E-state index contributed by atoms with van der Waals surface area (Å²) in [6.07, 6.45) is 0. The van der Waals surface area contributed by atoms with Crippen molar-refractivity contribution in [2.24, 2.45) is 0 Å². The number of halogens is 1. The smallest absolute Gasteiger partial charge is 0.282 e. The number of nitrogens with one attached hydrogen (secondary N) is 2. The van der Waals surface area contributed by atoms with Crippen molar-refractivity contribution in [3.8, 4) is 0 Å². The molecule has 1 saturated heterocycles. The Morgan fingerprint density at radius 1 is 1.07 bits per heavy atom. The summed E-state index contributed by atoms with van der Waals surface area (Å²) >= 11 is 0. The van der Waals surface area contributed by atoms with Gasteiger partial charge in [0.25, 0.3) is 5.91 Å². The maximum Gasteiger partial charge on any atom is 0.282 e. The fourth-order valence-corrected chi connectivity index (χ4v) is 5.07. The summed E-state index contributed by atoms with van der Waals surface area (Å²) in [7, 11) is -3.66. The number of rotatable bonds is 5. The van der Waals surface area contributed by atoms with E-state index in [0.29, 0.717) is 26.2 Å². The second-order valence-electron chi connectivity index (χ2n) is 7.49. The van der Waals surface area contributed by atoms with Crippen molar-refractivity contribution >= 4 is 21.6 Å². The Balaban J connectivity index is 1.62. The van der Waals surface area contributed by atoms with E-state index < -0.39 is 15.8 Å². The lowest BCUT2D eigenvalue weighted by atomic mass is 10.1. The molecule has 2 aromatic rings. The highest BCUT2D eigenvalue weighted by atomic mass is 32.2. The summed E-state index contributed by atoms with van der Waals surface area (Å²) in [4.78, 5) is 13.9. The van der Waals surface area contributed by atoms with Crippen molar-refractivity contribution in [2.75, 3.05) is 31.5 Å². The standard InChI is InChI=1S/C21H26FN3O3S/c1-15-5-4-6-16(2)20(15)23-21(26)17(3)24-11-13-25(14-12-24)29(27,28)19-9-7-18(22)8-10-19/h4-10,17H,11-14H2,1-3H3,(H,23,26)/p+1/t17-/m0/s1. The van der Waals surface area contributed by atoms with Crippen LogP contribution < -0.4 is 10.2 Å². The summed E-state index contributed by atoms with van der Waals surface area (Å²) in [6.45, 7) is 7.47. The largest absolute Gasteiger partial charge is 0.323 e. The SMILES string of the molecule is Cc1cccc(C)c1NC(=O)[C@H](C)[NH+]1CCN(S(=O)(=O)c2ccc(F)cc2)CC1. The van der Waals surface area contributed by atoms with E-state index in [1.165, 1.54) is 16.4 Å². The van der Waals surface area contributed by atoms with Crippen LogP contribution in [-0.2, 0) is 14.8 Å². The predicted molar refractivity (Wildman–Crippen MR) is 110 cm³/mol. The maximum absolute atomic E-state index is 13.1. The van der Waals surface area contributed by atoms with E-state index in [-0.39, 0.29) is 16.8 Å². The zero-order valence-electron chi connectivity index (χ0n) is 16.9. The van der Waals surface area contributed by atoms with Gasteiger partial charge >= 0.3 is 0 Å². The molecule has 0 aromatic heterocycles. The number of nitrogens with zero attached hydrogens (tertiary/aromatic N) is 1. The molecule has 29 heavy (non-hydrogen) atoms. The van der Waals surface area contributed by atoms with Crippen molar-refractivity contribution in [2.45, 2.75) is 31.7 Å². The van der Waals surface area contributed by atoms with Gasteiger partial charge in [-0.1, -0.05) is 18.2 Å². The molecule has 0 aliphatic carbocycles. The molecular weight excluding hydrogens is 393 g/mol. The Bertz CT molecular complexity index is 964. The molecule has 1 amide bonds. The van der Waals surface area contributed by atoms with Crippen LogP contribution in [0.25, 0.3) is 0 Å². The minimum absolute atomic E-state index is 0.0766. The second-order valence-corrected chi connectivity index (χ2v) is 9.43. The molecule has 2 aromatic carbocycles. The summed E-state index contributed by atoms with van der Waals surface area (Å²) in [6, 6.07) is 10.4. The number of aryl methyl sites for hydroxylation is 2. The average molecular weight is 421 g/mol. The van der Waals surface area contributed by atoms with Crippen molar-refractivity contribution < 1.29 is 22.5 Å². The number of sulfonamides is 1. The van der Waals surface area contributed by atoms with E-state index in [9.17, 15) is 17.6 Å². The first kappa shape index (κ1) is 21.4. The van der Waals surface area contributed by atoms with Crippen LogP contribution in [0, 0.1) is 19.7 Å². The average Bonchev–Trinajstić information content (AvgIpc) is 2.70. The molecule has 1 heterocycles. The molecular formula is C21H27FN3O3S+. The lowest BCUT2D eigenvalue weighted by molar-refractivity contribution is -0.917. The lowest BCUT2D eigenvalue weighted by Gasteiger charge is -2.34. The van der Waals surface area contributed by atoms with Gasteiger partial charge < -0.3 is 10.2 Å². The van der Waals surface area contributed by atoms with Crippen molar-refractivity contribution in [1.82, 2.24) is 4.31 Å². The predicted octanol–water partition coefficient (Wildman–Crippen LogP) is 1.36. The number of hydrogen-bond donors (Lipinski definition) is 2. The number of benzene rings is 2. The van der Waals surface area contributed by atoms with Crippen LogP contribution in [0.5, 0.6) is 0 Å². The second kappa shape index (κ2) is 8.61. The lowest BCUT2D eigenvalue weighted by Crippen LogP contribution is -3.19. The van der Waals surface area contributed by atoms with Crippen LogP contribution in [0.3, 0.4) is 0 Å². The zero-order chi connectivity index (χ0) is 21.2. The minimum atomic E-state index is -3.66. The Hall–Kier alpha value is -2.29. The molecule has 1 atom stereocenters. The Kier molecular flexibility index (Phi) is 6.36. The molecule has 8 heteroatoms. The van der Waals surface area contributed by atoms with Gasteiger partial charge in [-0.3, -0.25) is 4.79 Å². The monoisotopic (exact) mass is 420 g/mol. The highest BCUT2D eigenvalue weighted by Crippen LogP contribution is 2.19. The third kappa shape index (κ3) is 4.66. The van der Waals surface area contributed by atoms with Gasteiger partial charge in [0.2, 0.25) is 10.0 Å². The summed E-state index contributed by atoms with van der Waals surface area (Å²) < 4.78 is 40.0. The van der Waals surface area contributed by atoms with E-state index >= 15 is 0 Å². The van der Waals surface area contributed by atoms with E-state index in [4.69, 9.17) is 0 Å². The van der Waals surface area contributed by atoms with Gasteiger partial charge in [0, 0.05) is 5.69 Å². The zero-order valence-corrected chi connectivity index (χ0v) is 17.7. The first-order chi connectivity index (χ1) is 13.7. The number of para-hydroxylation sites is 1. The van der Waals surface area contributed by atoms with Gasteiger partial charge in [0.05, 0.1) is 31.1 Å². The third-order valence-corrected chi connectivity index (χ3v) is 7.46. The molecule has 3 rings (SSSR count). The molecule has 0 saturated carbocycles. The number of carbonyl (C=O) groups is 1. The Morgan fingerprint density at radius 2 is 1.62 bits per heavy atom. The molecule has 0 unspecified atom stereocenters. The van der Waals surface area contributed by atoms with Crippen molar-refractivity contribution in [3.63, 3.8) is 0 Å². The highest BCUT2D eigenvalue weighted by Gasteiger charge is 2.34. The minimum Gasteiger partial charge on any atom is -0.323 e. The molecule has 156 valence electrons. The molecule has 1 fully saturated rings. The molecule has 0 spiro atoms. The van der Waals surface area contributed by atoms with Gasteiger partial charge in [-0.25, -0.2) is 12.8 Å². The van der Waals surface area contributed by atoms with E-state index in [1.54, 1.807) is 0 Å². The van der Waals surface area contributed by atoms with Crippen LogP contribution in [-0.4, -0.2) is 50.9 Å². The van der Waals surface area contributed by atoms with Crippen molar-refractivity contribution in [1.29, 1.82) is 0 Å².